The van der Waals surface area contributed by atoms with Gasteiger partial charge in [0.25, 0.3) is 0 Å². The first-order valence-electron chi connectivity index (χ1n) is 11.2. The summed E-state index contributed by atoms with van der Waals surface area (Å²) in [6, 6.07) is 14.7. The molecule has 7 heteroatoms. The van der Waals surface area contributed by atoms with E-state index >= 15 is 0 Å². The van der Waals surface area contributed by atoms with Gasteiger partial charge in [-0.25, -0.2) is 9.97 Å². The van der Waals surface area contributed by atoms with Crippen molar-refractivity contribution in [1.82, 2.24) is 24.7 Å². The summed E-state index contributed by atoms with van der Waals surface area (Å²) < 4.78 is 1.87. The zero-order chi connectivity index (χ0) is 23.5. The summed E-state index contributed by atoms with van der Waals surface area (Å²) in [5.74, 6) is 0.816. The van der Waals surface area contributed by atoms with Crippen LogP contribution < -0.4 is 4.90 Å². The number of aliphatic hydroxyl groups excluding tert-OH is 1. The molecule has 0 unspecified atom stereocenters. The third kappa shape index (κ3) is 4.64. The van der Waals surface area contributed by atoms with Crippen molar-refractivity contribution in [2.24, 2.45) is 0 Å². The molecule has 7 nitrogen and oxygen atoms in total. The molecule has 1 atom stereocenters. The third-order valence-electron chi connectivity index (χ3n) is 6.08. The van der Waals surface area contributed by atoms with Crippen LogP contribution in [0.25, 0.3) is 17.1 Å². The Morgan fingerprint density at radius 2 is 1.82 bits per heavy atom. The molecule has 0 aliphatic rings. The molecular formula is C26H30N6O. The lowest BCUT2D eigenvalue weighted by atomic mass is 10.0. The standard InChI is InChI=1S/C26H30N6O/c1-6-20-13-25(31(5)19(4)21-9-7-17(2)8-10-21)29-30-26(20)22-11-12-24(23(15-33)28-22)32-14-18(3)27-16-32/h7-14,16,19,33H,6,15H2,1-5H3/t19-/m0/s1. The number of hydrogen-bond donors (Lipinski definition) is 1. The smallest absolute Gasteiger partial charge is 0.151 e. The Balaban J connectivity index is 1.66. The van der Waals surface area contributed by atoms with Gasteiger partial charge in [-0.15, -0.1) is 10.2 Å². The van der Waals surface area contributed by atoms with Gasteiger partial charge >= 0.3 is 0 Å². The van der Waals surface area contributed by atoms with Gasteiger partial charge in [0.15, 0.2) is 5.82 Å². The van der Waals surface area contributed by atoms with E-state index in [0.717, 1.165) is 34.9 Å². The molecule has 4 rings (SSSR count). The average Bonchev–Trinajstić information content (AvgIpc) is 3.28. The van der Waals surface area contributed by atoms with Crippen LogP contribution in [0, 0.1) is 13.8 Å². The number of aliphatic hydroxyl groups is 1. The molecule has 0 aliphatic heterocycles. The molecule has 0 saturated heterocycles. The number of hydrogen-bond acceptors (Lipinski definition) is 6. The number of imidazole rings is 1. The summed E-state index contributed by atoms with van der Waals surface area (Å²) in [5, 5.41) is 19.0. The van der Waals surface area contributed by atoms with Crippen LogP contribution in [0.15, 0.2) is 55.0 Å². The summed E-state index contributed by atoms with van der Waals surface area (Å²) in [5.41, 5.74) is 7.25. The number of nitrogens with zero attached hydrogens (tertiary/aromatic N) is 6. The van der Waals surface area contributed by atoms with Crippen LogP contribution in [0.3, 0.4) is 0 Å². The van der Waals surface area contributed by atoms with E-state index in [-0.39, 0.29) is 12.6 Å². The summed E-state index contributed by atoms with van der Waals surface area (Å²) in [4.78, 5) is 11.1. The van der Waals surface area contributed by atoms with Crippen molar-refractivity contribution in [2.45, 2.75) is 46.8 Å². The highest BCUT2D eigenvalue weighted by Crippen LogP contribution is 2.28. The Hall–Kier alpha value is -3.58. The van der Waals surface area contributed by atoms with E-state index in [2.05, 4.69) is 71.2 Å². The molecule has 0 amide bonds. The zero-order valence-electron chi connectivity index (χ0n) is 19.8. The van der Waals surface area contributed by atoms with Crippen LogP contribution >= 0.6 is 0 Å². The fourth-order valence-corrected chi connectivity index (χ4v) is 3.87. The van der Waals surface area contributed by atoms with Crippen LogP contribution in [0.4, 0.5) is 5.82 Å². The number of aromatic nitrogens is 5. The molecule has 0 aliphatic carbocycles. The number of pyridine rings is 1. The fraction of sp³-hybridized carbons (Fsp3) is 0.308. The Morgan fingerprint density at radius 3 is 2.45 bits per heavy atom. The van der Waals surface area contributed by atoms with Crippen molar-refractivity contribution in [2.75, 3.05) is 11.9 Å². The summed E-state index contributed by atoms with van der Waals surface area (Å²) in [6.45, 7) is 8.11. The number of benzene rings is 1. The van der Waals surface area contributed by atoms with Gasteiger partial charge in [0, 0.05) is 13.2 Å². The van der Waals surface area contributed by atoms with Crippen LogP contribution in [0.1, 0.15) is 48.0 Å². The molecule has 3 heterocycles. The summed E-state index contributed by atoms with van der Waals surface area (Å²) in [7, 11) is 2.04. The van der Waals surface area contributed by atoms with Crippen LogP contribution in [0.2, 0.25) is 0 Å². The van der Waals surface area contributed by atoms with E-state index in [1.807, 2.05) is 36.9 Å². The van der Waals surface area contributed by atoms with Gasteiger partial charge in [-0.2, -0.15) is 0 Å². The highest BCUT2D eigenvalue weighted by Gasteiger charge is 2.18. The molecule has 0 radical (unpaired) electrons. The summed E-state index contributed by atoms with van der Waals surface area (Å²) >= 11 is 0. The SMILES string of the molecule is CCc1cc(N(C)[C@@H](C)c2ccc(C)cc2)nnc1-c1ccc(-n2cnc(C)c2)c(CO)n1. The largest absolute Gasteiger partial charge is 0.390 e. The molecule has 0 bridgehead atoms. The van der Waals surface area contributed by atoms with Gasteiger partial charge in [0.2, 0.25) is 0 Å². The maximum atomic E-state index is 9.95. The Bertz CT molecular complexity index is 1250. The van der Waals surface area contributed by atoms with E-state index < -0.39 is 0 Å². The molecule has 1 aromatic carbocycles. The number of aryl methyl sites for hydroxylation is 3. The summed E-state index contributed by atoms with van der Waals surface area (Å²) in [6.07, 6.45) is 4.43. The maximum Gasteiger partial charge on any atom is 0.151 e. The molecule has 4 aromatic rings. The Labute approximate surface area is 194 Å². The van der Waals surface area contributed by atoms with Crippen molar-refractivity contribution in [3.8, 4) is 17.1 Å². The molecule has 0 saturated carbocycles. The predicted molar refractivity (Wildman–Crippen MR) is 130 cm³/mol. The van der Waals surface area contributed by atoms with E-state index in [4.69, 9.17) is 4.98 Å². The Kier molecular flexibility index (Phi) is 6.51. The van der Waals surface area contributed by atoms with Gasteiger partial charge in [0.05, 0.1) is 41.7 Å². The maximum absolute atomic E-state index is 9.95. The number of anilines is 1. The first-order chi connectivity index (χ1) is 15.9. The highest BCUT2D eigenvalue weighted by molar-refractivity contribution is 5.62. The van der Waals surface area contributed by atoms with Crippen molar-refractivity contribution < 1.29 is 5.11 Å². The van der Waals surface area contributed by atoms with Gasteiger partial charge in [0.1, 0.15) is 5.69 Å². The highest BCUT2D eigenvalue weighted by atomic mass is 16.3. The average molecular weight is 443 g/mol. The van der Waals surface area contributed by atoms with Crippen molar-refractivity contribution >= 4 is 5.82 Å². The minimum absolute atomic E-state index is 0.160. The molecule has 0 spiro atoms. The molecular weight excluding hydrogens is 412 g/mol. The number of rotatable bonds is 7. The van der Waals surface area contributed by atoms with Gasteiger partial charge in [-0.1, -0.05) is 36.8 Å². The van der Waals surface area contributed by atoms with Crippen molar-refractivity contribution in [3.05, 3.63) is 83.1 Å². The van der Waals surface area contributed by atoms with Crippen LogP contribution in [0.5, 0.6) is 0 Å². The topological polar surface area (TPSA) is 80.0 Å². The van der Waals surface area contributed by atoms with Gasteiger partial charge < -0.3 is 14.6 Å². The van der Waals surface area contributed by atoms with E-state index in [1.165, 1.54) is 11.1 Å². The lowest BCUT2D eigenvalue weighted by Crippen LogP contribution is -2.23. The first-order valence-corrected chi connectivity index (χ1v) is 11.2. The predicted octanol–water partition coefficient (Wildman–Crippen LogP) is 4.59. The monoisotopic (exact) mass is 442 g/mol. The second-order valence-electron chi connectivity index (χ2n) is 8.37. The first kappa shape index (κ1) is 22.6. The lowest BCUT2D eigenvalue weighted by molar-refractivity contribution is 0.276. The van der Waals surface area contributed by atoms with Crippen LogP contribution in [-0.4, -0.2) is 36.9 Å². The van der Waals surface area contributed by atoms with Crippen LogP contribution in [-0.2, 0) is 13.0 Å². The molecule has 1 N–H and O–H groups in total. The third-order valence-corrected chi connectivity index (χ3v) is 6.08. The van der Waals surface area contributed by atoms with E-state index in [9.17, 15) is 5.11 Å². The minimum Gasteiger partial charge on any atom is -0.390 e. The zero-order valence-corrected chi connectivity index (χ0v) is 19.8. The molecule has 3 aromatic heterocycles. The second kappa shape index (κ2) is 9.50. The second-order valence-corrected chi connectivity index (χ2v) is 8.37. The Morgan fingerprint density at radius 1 is 1.06 bits per heavy atom. The van der Waals surface area contributed by atoms with Crippen molar-refractivity contribution in [3.63, 3.8) is 0 Å². The van der Waals surface area contributed by atoms with Crippen molar-refractivity contribution in [1.29, 1.82) is 0 Å². The minimum atomic E-state index is -0.176. The molecule has 33 heavy (non-hydrogen) atoms. The fourth-order valence-electron chi connectivity index (χ4n) is 3.87. The van der Waals surface area contributed by atoms with E-state index in [0.29, 0.717) is 11.4 Å². The molecule has 0 fully saturated rings. The van der Waals surface area contributed by atoms with Gasteiger partial charge in [-0.3, -0.25) is 0 Å². The molecule has 170 valence electrons. The van der Waals surface area contributed by atoms with E-state index in [1.54, 1.807) is 6.33 Å². The normalized spacial score (nSPS) is 12.1. The van der Waals surface area contributed by atoms with Gasteiger partial charge in [-0.05, 0) is 56.5 Å². The quantitative estimate of drug-likeness (QED) is 0.451. The lowest BCUT2D eigenvalue weighted by Gasteiger charge is -2.26.